The quantitative estimate of drug-likeness (QED) is 0.0215. The number of rotatable bonds is 25. The van der Waals surface area contributed by atoms with Crippen LogP contribution < -0.4 is 36.1 Å². The topological polar surface area (TPSA) is 264 Å². The molecule has 3 aromatic carbocycles. The molecule has 6 N–H and O–H groups in total. The van der Waals surface area contributed by atoms with Crippen LogP contribution in [0.5, 0.6) is 11.5 Å². The van der Waals surface area contributed by atoms with Crippen LogP contribution in [0.3, 0.4) is 0 Å². The SMILES string of the molecule is Cc1ccccc1NC(=O)Nc1ccc(CC(=O)N[C@@H](CCCCNC(=O)CCCCCN(Cc2ccccn2)Cc2ccccn2)C(=O)N[C@@H](CC(=O)O)c2ccc3c(c2)OCO3)cc1.[CH-]=O.[CH-]=O.[CH-]=O.[Tc]. The summed E-state index contributed by atoms with van der Waals surface area (Å²) in [7, 11) is 0. The van der Waals surface area contributed by atoms with E-state index in [4.69, 9.17) is 23.9 Å². The summed E-state index contributed by atoms with van der Waals surface area (Å²) in [5.74, 6) is -1.18. The van der Waals surface area contributed by atoms with Crippen LogP contribution in [0.2, 0.25) is 0 Å². The summed E-state index contributed by atoms with van der Waals surface area (Å²) in [5, 5.41) is 24.0. The molecule has 0 saturated carbocycles. The fourth-order valence-electron chi connectivity index (χ4n) is 7.48. The number of nitrogens with one attached hydrogen (secondary N) is 5. The number of carboxylic acid groups (broad SMARTS) is 1. The summed E-state index contributed by atoms with van der Waals surface area (Å²) in [6.45, 7) is 14.3. The van der Waals surface area contributed by atoms with Crippen molar-refractivity contribution in [3.05, 3.63) is 144 Å². The van der Waals surface area contributed by atoms with Gasteiger partial charge in [-0.25, -0.2) is 4.79 Å². The Morgan fingerprint density at radius 2 is 1.34 bits per heavy atom. The van der Waals surface area contributed by atoms with E-state index in [0.717, 1.165) is 42.8 Å². The standard InChI is InChI=1S/C50H58N8O8.3CHO.Tc/c1-35-13-4-5-16-41(35)57-50(64)54-38-22-19-36(20-23-38)29-47(60)55-42(49(63)56-43(31-48(61)62)37-21-24-44-45(30-37)66-34-65-44)17-8-11-27-53-46(59)18-3-2-12-28-58(32-39-14-6-9-25-51-39)33-40-15-7-10-26-52-40;3*1-2;/h4-7,9-10,13-16,19-26,30,42-43H,2-3,8,11-12,17-18,27-29,31-34H2,1H3,(H,53,59)(H,55,60)(H,56,63)(H,61,62)(H2,54,57,64);3*1H;/q;3*-1;/t42-,43-;;;;/m0..../s1. The number of pyridine rings is 2. The Labute approximate surface area is 439 Å². The number of para-hydroxylation sites is 1. The molecular formula is C53H61N8O11Tc-3. The molecule has 1 aliphatic rings. The number of hydrogen-bond acceptors (Lipinski definition) is 13. The smallest absolute Gasteiger partial charge is 0.323 e. The molecule has 1 aliphatic heterocycles. The van der Waals surface area contributed by atoms with E-state index in [0.29, 0.717) is 72.9 Å². The second-order valence-electron chi connectivity index (χ2n) is 16.2. The minimum Gasteiger partial charge on any atom is -0.545 e. The van der Waals surface area contributed by atoms with Crippen molar-refractivity contribution in [2.45, 2.75) is 89.9 Å². The van der Waals surface area contributed by atoms with Crippen molar-refractivity contribution < 1.29 is 73.0 Å². The largest absolute Gasteiger partial charge is 0.545 e. The third-order valence-corrected chi connectivity index (χ3v) is 11.0. The van der Waals surface area contributed by atoms with Crippen molar-refractivity contribution in [1.29, 1.82) is 0 Å². The first-order valence-corrected chi connectivity index (χ1v) is 23.0. The summed E-state index contributed by atoms with van der Waals surface area (Å²) in [6, 6.07) is 28.7. The molecule has 0 saturated heterocycles. The van der Waals surface area contributed by atoms with Gasteiger partial charge in [0.1, 0.15) is 6.04 Å². The number of amides is 5. The number of carbonyl (C=O) groups excluding carboxylic acids is 7. The Morgan fingerprint density at radius 3 is 1.97 bits per heavy atom. The Morgan fingerprint density at radius 1 is 0.699 bits per heavy atom. The zero-order valence-electron chi connectivity index (χ0n) is 40.5. The monoisotopic (exact) mass is 1080 g/mol. The number of benzene rings is 3. The van der Waals surface area contributed by atoms with Gasteiger partial charge in [0, 0.05) is 69.9 Å². The van der Waals surface area contributed by atoms with Crippen LogP contribution in [0.4, 0.5) is 16.2 Å². The number of unbranched alkanes of at least 4 members (excludes halogenated alkanes) is 3. The number of anilines is 2. The normalized spacial score (nSPS) is 11.4. The van der Waals surface area contributed by atoms with Crippen molar-refractivity contribution in [2.75, 3.05) is 30.5 Å². The number of hydrogen-bond donors (Lipinski definition) is 6. The molecule has 0 fully saturated rings. The summed E-state index contributed by atoms with van der Waals surface area (Å²) in [4.78, 5) is 99.2. The molecule has 19 nitrogen and oxygen atoms in total. The number of carboxylic acids is 1. The van der Waals surface area contributed by atoms with Crippen molar-refractivity contribution in [3.63, 3.8) is 0 Å². The van der Waals surface area contributed by atoms with Crippen LogP contribution in [-0.4, -0.2) is 96.0 Å². The van der Waals surface area contributed by atoms with E-state index in [2.05, 4.69) is 61.8 Å². The average Bonchev–Trinajstić information content (AvgIpc) is 3.87. The van der Waals surface area contributed by atoms with Gasteiger partial charge in [-0.05, 0) is 117 Å². The van der Waals surface area contributed by atoms with E-state index in [1.807, 2.05) is 67.6 Å². The van der Waals surface area contributed by atoms with Gasteiger partial charge in [-0.15, -0.1) is 0 Å². The van der Waals surface area contributed by atoms with Crippen LogP contribution in [0.15, 0.2) is 116 Å². The molecule has 2 atom stereocenters. The van der Waals surface area contributed by atoms with Gasteiger partial charge in [0.2, 0.25) is 24.5 Å². The molecule has 5 amide bonds. The van der Waals surface area contributed by atoms with Crippen molar-refractivity contribution in [2.24, 2.45) is 0 Å². The Balaban J connectivity index is 0.00000251. The molecule has 389 valence electrons. The van der Waals surface area contributed by atoms with Gasteiger partial charge in [0.15, 0.2) is 11.5 Å². The third kappa shape index (κ3) is 23.0. The number of nitrogens with zero attached hydrogens (tertiary/aromatic N) is 3. The zero-order valence-corrected chi connectivity index (χ0v) is 42.4. The minimum absolute atomic E-state index is 0. The fourth-order valence-corrected chi connectivity index (χ4v) is 7.48. The van der Waals surface area contributed by atoms with E-state index in [1.165, 1.54) is 0 Å². The third-order valence-electron chi connectivity index (χ3n) is 11.0. The van der Waals surface area contributed by atoms with E-state index in [1.54, 1.807) is 54.9 Å². The first-order chi connectivity index (χ1) is 35.1. The van der Waals surface area contributed by atoms with E-state index in [9.17, 15) is 29.1 Å². The van der Waals surface area contributed by atoms with E-state index >= 15 is 0 Å². The number of fused-ring (bicyclic) bond motifs is 1. The molecule has 5 aromatic rings. The minimum atomic E-state index is -1.12. The maximum atomic E-state index is 13.9. The molecule has 0 spiro atoms. The van der Waals surface area contributed by atoms with Crippen LogP contribution in [0, 0.1) is 6.92 Å². The molecule has 6 rings (SSSR count). The van der Waals surface area contributed by atoms with Crippen molar-refractivity contribution >= 4 is 61.5 Å². The van der Waals surface area contributed by atoms with Gasteiger partial charge in [0.05, 0.1) is 30.3 Å². The molecule has 0 aliphatic carbocycles. The second kappa shape index (κ2) is 35.4. The predicted octanol–water partition coefficient (Wildman–Crippen LogP) is 6.24. The van der Waals surface area contributed by atoms with Crippen LogP contribution >= 0.6 is 0 Å². The summed E-state index contributed by atoms with van der Waals surface area (Å²) in [6.07, 6.45) is 7.34. The van der Waals surface area contributed by atoms with Gasteiger partial charge in [-0.3, -0.25) is 54.4 Å². The van der Waals surface area contributed by atoms with Crippen LogP contribution in [0.1, 0.15) is 85.5 Å². The molecule has 73 heavy (non-hydrogen) atoms. The number of aromatic nitrogens is 2. The maximum Gasteiger partial charge on any atom is 0.323 e. The van der Waals surface area contributed by atoms with E-state index < -0.39 is 42.3 Å². The Hall–Kier alpha value is -7.67. The summed E-state index contributed by atoms with van der Waals surface area (Å²) < 4.78 is 10.9. The maximum absolute atomic E-state index is 13.9. The molecule has 3 heterocycles. The summed E-state index contributed by atoms with van der Waals surface area (Å²) >= 11 is 0. The number of carbonyl (C=O) groups is 5. The first kappa shape index (κ1) is 61.4. The molecule has 2 aromatic heterocycles. The second-order valence-corrected chi connectivity index (χ2v) is 16.2. The number of aliphatic carboxylic acids is 1. The van der Waals surface area contributed by atoms with Gasteiger partial charge in [0.25, 0.3) is 0 Å². The van der Waals surface area contributed by atoms with Crippen molar-refractivity contribution in [3.8, 4) is 11.5 Å². The first-order valence-electron chi connectivity index (χ1n) is 23.0. The molecule has 0 unspecified atom stereocenters. The predicted molar refractivity (Wildman–Crippen MR) is 270 cm³/mol. The Bertz CT molecular complexity index is 2390. The van der Waals surface area contributed by atoms with Crippen LogP contribution in [-0.2, 0) is 73.2 Å². The Kier molecular flexibility index (Phi) is 29.8. The fraction of sp³-hybridized carbons (Fsp3) is 0.321. The number of urea groups is 1. The van der Waals surface area contributed by atoms with Gasteiger partial charge in [-0.1, -0.05) is 55.0 Å². The molecule has 1 radical (unpaired) electrons. The number of ether oxygens (including phenoxy) is 2. The van der Waals surface area contributed by atoms with Gasteiger partial charge >= 0.3 is 12.0 Å². The summed E-state index contributed by atoms with van der Waals surface area (Å²) in [5.41, 5.74) is 5.27. The van der Waals surface area contributed by atoms with Crippen molar-refractivity contribution in [1.82, 2.24) is 30.8 Å². The van der Waals surface area contributed by atoms with Crippen LogP contribution in [0.25, 0.3) is 0 Å². The molecular weight excluding hydrogens is 1020 g/mol. The molecule has 0 bridgehead atoms. The van der Waals surface area contributed by atoms with Gasteiger partial charge < -0.3 is 55.5 Å². The number of aryl methyl sites for hydroxylation is 1. The molecule has 20 heteroatoms. The van der Waals surface area contributed by atoms with Gasteiger partial charge in [-0.2, -0.15) is 0 Å². The average molecular weight is 1080 g/mol. The zero-order chi connectivity index (χ0) is 52.5. The van der Waals surface area contributed by atoms with E-state index in [-0.39, 0.29) is 45.6 Å².